The van der Waals surface area contributed by atoms with Crippen molar-refractivity contribution < 1.29 is 8.42 Å². The maximum absolute atomic E-state index is 12.2. The molecule has 1 aromatic rings. The molecular weight excluding hydrogens is 272 g/mol. The number of halogens is 1. The fourth-order valence-electron chi connectivity index (χ4n) is 1.63. The quantitative estimate of drug-likeness (QED) is 0.870. The summed E-state index contributed by atoms with van der Waals surface area (Å²) in [5.74, 6) is 0.136. The van der Waals surface area contributed by atoms with Gasteiger partial charge in [0.15, 0.2) is 0 Å². The third-order valence-corrected chi connectivity index (χ3v) is 4.68. The maximum Gasteiger partial charge on any atom is 0.241 e. The van der Waals surface area contributed by atoms with E-state index >= 15 is 0 Å². The summed E-state index contributed by atoms with van der Waals surface area (Å²) in [5.41, 5.74) is 6.19. The average Bonchev–Trinajstić information content (AvgIpc) is 2.24. The van der Waals surface area contributed by atoms with Crippen LogP contribution >= 0.6 is 11.6 Å². The Labute approximate surface area is 114 Å². The lowest BCUT2D eigenvalue weighted by Crippen LogP contribution is -2.43. The van der Waals surface area contributed by atoms with Crippen LogP contribution in [0.15, 0.2) is 23.1 Å². The summed E-state index contributed by atoms with van der Waals surface area (Å²) in [7, 11) is -3.55. The van der Waals surface area contributed by atoms with Gasteiger partial charge >= 0.3 is 0 Å². The molecule has 0 aliphatic carbocycles. The van der Waals surface area contributed by atoms with Gasteiger partial charge in [-0.1, -0.05) is 25.4 Å². The molecule has 3 N–H and O–H groups in total. The summed E-state index contributed by atoms with van der Waals surface area (Å²) in [6, 6.07) is 4.43. The van der Waals surface area contributed by atoms with E-state index in [4.69, 9.17) is 17.3 Å². The molecule has 0 aliphatic heterocycles. The van der Waals surface area contributed by atoms with Crippen molar-refractivity contribution >= 4 is 21.6 Å². The van der Waals surface area contributed by atoms with Crippen LogP contribution in [0.2, 0.25) is 5.02 Å². The Morgan fingerprint density at radius 1 is 1.39 bits per heavy atom. The second-order valence-electron chi connectivity index (χ2n) is 4.62. The number of rotatable bonds is 5. The predicted octanol–water partition coefficient (Wildman–Crippen LogP) is 1.91. The number of benzene rings is 1. The van der Waals surface area contributed by atoms with Crippen molar-refractivity contribution in [1.29, 1.82) is 0 Å². The maximum atomic E-state index is 12.2. The van der Waals surface area contributed by atoms with Crippen molar-refractivity contribution in [2.45, 2.75) is 31.7 Å². The molecule has 1 unspecified atom stereocenters. The van der Waals surface area contributed by atoms with Crippen LogP contribution in [0.25, 0.3) is 0 Å². The number of nitrogens with two attached hydrogens (primary N) is 1. The molecule has 4 nitrogen and oxygen atoms in total. The zero-order chi connectivity index (χ0) is 13.9. The van der Waals surface area contributed by atoms with Crippen LogP contribution in [0.1, 0.15) is 19.4 Å². The van der Waals surface area contributed by atoms with E-state index in [-0.39, 0.29) is 23.4 Å². The minimum Gasteiger partial charge on any atom is -0.329 e. The Bertz CT molecular complexity index is 515. The largest absolute Gasteiger partial charge is 0.329 e. The third-order valence-electron chi connectivity index (χ3n) is 2.79. The molecule has 0 amide bonds. The van der Waals surface area contributed by atoms with Gasteiger partial charge in [-0.15, -0.1) is 0 Å². The minimum absolute atomic E-state index is 0.136. The van der Waals surface area contributed by atoms with Crippen LogP contribution in [0.5, 0.6) is 0 Å². The van der Waals surface area contributed by atoms with Gasteiger partial charge in [-0.3, -0.25) is 0 Å². The van der Waals surface area contributed by atoms with Gasteiger partial charge in [0, 0.05) is 17.6 Å². The lowest BCUT2D eigenvalue weighted by molar-refractivity contribution is 0.454. The second kappa shape index (κ2) is 6.02. The van der Waals surface area contributed by atoms with Crippen LogP contribution in [0.3, 0.4) is 0 Å². The molecule has 0 aromatic heterocycles. The molecule has 1 rings (SSSR count). The van der Waals surface area contributed by atoms with Crippen LogP contribution < -0.4 is 10.5 Å². The van der Waals surface area contributed by atoms with E-state index in [1.807, 2.05) is 13.8 Å². The molecule has 0 radical (unpaired) electrons. The van der Waals surface area contributed by atoms with Gasteiger partial charge in [0.25, 0.3) is 0 Å². The van der Waals surface area contributed by atoms with Gasteiger partial charge in [0.05, 0.1) is 4.90 Å². The fourth-order valence-corrected chi connectivity index (χ4v) is 3.48. The highest BCUT2D eigenvalue weighted by Gasteiger charge is 2.22. The molecule has 18 heavy (non-hydrogen) atoms. The molecule has 1 aromatic carbocycles. The summed E-state index contributed by atoms with van der Waals surface area (Å²) < 4.78 is 27.1. The molecule has 0 saturated carbocycles. The average molecular weight is 291 g/mol. The first-order valence-electron chi connectivity index (χ1n) is 5.76. The lowest BCUT2D eigenvalue weighted by atomic mass is 10.1. The van der Waals surface area contributed by atoms with E-state index in [9.17, 15) is 8.42 Å². The van der Waals surface area contributed by atoms with Gasteiger partial charge in [0.2, 0.25) is 10.0 Å². The molecular formula is C12H19ClN2O2S. The van der Waals surface area contributed by atoms with E-state index in [0.717, 1.165) is 0 Å². The van der Waals surface area contributed by atoms with Gasteiger partial charge in [-0.2, -0.15) is 0 Å². The van der Waals surface area contributed by atoms with E-state index in [1.54, 1.807) is 19.1 Å². The third kappa shape index (κ3) is 3.68. The molecule has 1 atom stereocenters. The highest BCUT2D eigenvalue weighted by Crippen LogP contribution is 2.20. The highest BCUT2D eigenvalue weighted by atomic mass is 35.5. The molecule has 102 valence electrons. The Balaban J connectivity index is 3.06. The van der Waals surface area contributed by atoms with Crippen molar-refractivity contribution in [2.75, 3.05) is 6.54 Å². The lowest BCUT2D eigenvalue weighted by Gasteiger charge is -2.21. The predicted molar refractivity (Wildman–Crippen MR) is 74.2 cm³/mol. The molecule has 0 bridgehead atoms. The smallest absolute Gasteiger partial charge is 0.241 e. The Kier molecular flexibility index (Phi) is 5.16. The van der Waals surface area contributed by atoms with Crippen LogP contribution in [0, 0.1) is 12.8 Å². The number of aryl methyl sites for hydroxylation is 1. The SMILES string of the molecule is Cc1cc(Cl)ccc1S(=O)(=O)NC(CN)C(C)C. The van der Waals surface area contributed by atoms with E-state index in [1.165, 1.54) is 6.07 Å². The van der Waals surface area contributed by atoms with Crippen LogP contribution in [0.4, 0.5) is 0 Å². The highest BCUT2D eigenvalue weighted by molar-refractivity contribution is 7.89. The zero-order valence-corrected chi connectivity index (χ0v) is 12.3. The fraction of sp³-hybridized carbons (Fsp3) is 0.500. The monoisotopic (exact) mass is 290 g/mol. The van der Waals surface area contributed by atoms with Crippen molar-refractivity contribution in [2.24, 2.45) is 11.7 Å². The molecule has 0 aliphatic rings. The van der Waals surface area contributed by atoms with Gasteiger partial charge in [-0.05, 0) is 36.6 Å². The Morgan fingerprint density at radius 2 is 2.00 bits per heavy atom. The standard InChI is InChI=1S/C12H19ClN2O2S/c1-8(2)11(7-14)15-18(16,17)12-5-4-10(13)6-9(12)3/h4-6,8,11,15H,7,14H2,1-3H3. The van der Waals surface area contributed by atoms with E-state index in [0.29, 0.717) is 10.6 Å². The Hall–Kier alpha value is -0.620. The summed E-state index contributed by atoms with van der Waals surface area (Å²) >= 11 is 5.82. The summed E-state index contributed by atoms with van der Waals surface area (Å²) in [6.45, 7) is 5.83. The molecule has 6 heteroatoms. The van der Waals surface area contributed by atoms with Gasteiger partial charge in [-0.25, -0.2) is 13.1 Å². The second-order valence-corrected chi connectivity index (χ2v) is 6.74. The van der Waals surface area contributed by atoms with E-state index < -0.39 is 10.0 Å². The molecule has 0 fully saturated rings. The van der Waals surface area contributed by atoms with Gasteiger partial charge < -0.3 is 5.73 Å². The zero-order valence-electron chi connectivity index (χ0n) is 10.8. The van der Waals surface area contributed by atoms with Crippen molar-refractivity contribution in [3.8, 4) is 0 Å². The van der Waals surface area contributed by atoms with Crippen molar-refractivity contribution in [1.82, 2.24) is 4.72 Å². The Morgan fingerprint density at radius 3 is 2.44 bits per heavy atom. The summed E-state index contributed by atoms with van der Waals surface area (Å²) in [6.07, 6.45) is 0. The summed E-state index contributed by atoms with van der Waals surface area (Å²) in [5, 5.41) is 0.519. The van der Waals surface area contributed by atoms with Crippen molar-refractivity contribution in [3.05, 3.63) is 28.8 Å². The summed E-state index contributed by atoms with van der Waals surface area (Å²) in [4.78, 5) is 0.242. The van der Waals surface area contributed by atoms with Gasteiger partial charge in [0.1, 0.15) is 0 Å². The number of nitrogens with one attached hydrogen (secondary N) is 1. The first-order valence-corrected chi connectivity index (χ1v) is 7.62. The topological polar surface area (TPSA) is 72.2 Å². The molecule has 0 spiro atoms. The number of sulfonamides is 1. The number of hydrogen-bond donors (Lipinski definition) is 2. The molecule has 0 saturated heterocycles. The minimum atomic E-state index is -3.55. The molecule has 0 heterocycles. The van der Waals surface area contributed by atoms with Crippen LogP contribution in [-0.4, -0.2) is 21.0 Å². The first-order chi connectivity index (χ1) is 8.27. The van der Waals surface area contributed by atoms with E-state index in [2.05, 4.69) is 4.72 Å². The normalized spacial score (nSPS) is 13.9. The van der Waals surface area contributed by atoms with Crippen LogP contribution in [-0.2, 0) is 10.0 Å². The van der Waals surface area contributed by atoms with Crippen molar-refractivity contribution in [3.63, 3.8) is 0 Å². The first kappa shape index (κ1) is 15.4. The number of hydrogen-bond acceptors (Lipinski definition) is 3.